The molecule has 0 amide bonds. The van der Waals surface area contributed by atoms with Gasteiger partial charge in [0.2, 0.25) is 0 Å². The molecule has 0 aliphatic rings. The van der Waals surface area contributed by atoms with Crippen LogP contribution in [0.5, 0.6) is 0 Å². The monoisotopic (exact) mass is 418 g/mol. The van der Waals surface area contributed by atoms with Crippen molar-refractivity contribution in [2.75, 3.05) is 11.9 Å². The normalized spacial score (nSPS) is 12.3. The maximum atomic E-state index is 13.4. The van der Waals surface area contributed by atoms with Crippen molar-refractivity contribution in [2.24, 2.45) is 0 Å². The number of para-hydroxylation sites is 1. The summed E-state index contributed by atoms with van der Waals surface area (Å²) < 4.78 is 80.1. The van der Waals surface area contributed by atoms with Gasteiger partial charge in [0.05, 0.1) is 21.7 Å². The highest BCUT2D eigenvalue weighted by Crippen LogP contribution is 2.44. The standard InChI is InChI=1S/C18H14F6N3O2/c19-17(20,21)13-7-11(27(28)29)8-14(18(22,23)24)16(13)25-6-5-10-9-26-15-4-2-1-3-12(10)15/h1-4,7-9,25-26H,5-6H2,(H,28,29)/q+1. The van der Waals surface area contributed by atoms with Crippen LogP contribution in [0.4, 0.5) is 37.7 Å². The first kappa shape index (κ1) is 20.5. The van der Waals surface area contributed by atoms with Gasteiger partial charge in [-0.25, -0.2) is 5.21 Å². The molecule has 1 aromatic heterocycles. The van der Waals surface area contributed by atoms with Gasteiger partial charge < -0.3 is 10.3 Å². The van der Waals surface area contributed by atoms with Gasteiger partial charge in [0.25, 0.3) is 4.92 Å². The molecule has 2 aromatic carbocycles. The Balaban J connectivity index is 1.97. The van der Waals surface area contributed by atoms with Crippen LogP contribution in [0, 0.1) is 4.91 Å². The number of aromatic nitrogens is 1. The summed E-state index contributed by atoms with van der Waals surface area (Å²) in [4.78, 5) is 12.9. The third kappa shape index (κ3) is 4.28. The topological polar surface area (TPSA) is 68.1 Å². The Morgan fingerprint density at radius 3 is 2.14 bits per heavy atom. The predicted molar refractivity (Wildman–Crippen MR) is 92.0 cm³/mol. The average molecular weight is 418 g/mol. The van der Waals surface area contributed by atoms with E-state index in [4.69, 9.17) is 5.21 Å². The summed E-state index contributed by atoms with van der Waals surface area (Å²) in [5.41, 5.74) is -4.26. The van der Waals surface area contributed by atoms with Crippen LogP contribution in [0.15, 0.2) is 42.6 Å². The van der Waals surface area contributed by atoms with Gasteiger partial charge in [-0.1, -0.05) is 18.2 Å². The second-order valence-corrected chi connectivity index (χ2v) is 6.22. The molecule has 29 heavy (non-hydrogen) atoms. The minimum absolute atomic E-state index is 0.147. The summed E-state index contributed by atoms with van der Waals surface area (Å²) >= 11 is 0. The Bertz CT molecular complexity index is 1020. The lowest BCUT2D eigenvalue weighted by molar-refractivity contribution is -0.729. The highest BCUT2D eigenvalue weighted by Gasteiger charge is 2.43. The molecule has 3 rings (SSSR count). The average Bonchev–Trinajstić information content (AvgIpc) is 3.03. The molecule has 154 valence electrons. The van der Waals surface area contributed by atoms with Gasteiger partial charge in [-0.05, 0) is 18.1 Å². The van der Waals surface area contributed by atoms with E-state index in [1.165, 1.54) is 0 Å². The van der Waals surface area contributed by atoms with E-state index in [2.05, 4.69) is 10.3 Å². The zero-order valence-electron chi connectivity index (χ0n) is 14.5. The van der Waals surface area contributed by atoms with Gasteiger partial charge in [0, 0.05) is 35.8 Å². The molecule has 3 N–H and O–H groups in total. The van der Waals surface area contributed by atoms with Gasteiger partial charge >= 0.3 is 18.0 Å². The Kier molecular flexibility index (Phi) is 5.16. The first-order valence-electron chi connectivity index (χ1n) is 8.26. The summed E-state index contributed by atoms with van der Waals surface area (Å²) in [5.74, 6) is 0. The van der Waals surface area contributed by atoms with Crippen molar-refractivity contribution in [3.05, 3.63) is 64.2 Å². The molecule has 0 fully saturated rings. The van der Waals surface area contributed by atoms with Gasteiger partial charge in [-0.2, -0.15) is 26.3 Å². The van der Waals surface area contributed by atoms with Gasteiger partial charge in [0.1, 0.15) is 0 Å². The molecular weight excluding hydrogens is 404 g/mol. The molecule has 0 saturated heterocycles. The molecule has 0 radical (unpaired) electrons. The maximum Gasteiger partial charge on any atom is 0.418 e. The zero-order valence-corrected chi connectivity index (χ0v) is 14.5. The van der Waals surface area contributed by atoms with Gasteiger partial charge in [-0.3, -0.25) is 0 Å². The molecule has 0 unspecified atom stereocenters. The van der Waals surface area contributed by atoms with Crippen molar-refractivity contribution in [3.63, 3.8) is 0 Å². The molecule has 0 aliphatic heterocycles. The lowest BCUT2D eigenvalue weighted by Crippen LogP contribution is -2.19. The fraction of sp³-hybridized carbons (Fsp3) is 0.222. The first-order valence-corrected chi connectivity index (χ1v) is 8.26. The highest BCUT2D eigenvalue weighted by atomic mass is 19.4. The number of alkyl halides is 6. The van der Waals surface area contributed by atoms with Crippen molar-refractivity contribution < 1.29 is 36.5 Å². The number of H-pyrrole nitrogens is 1. The molecule has 0 bridgehead atoms. The minimum atomic E-state index is -5.19. The van der Waals surface area contributed by atoms with Crippen LogP contribution < -0.4 is 5.32 Å². The molecule has 0 saturated carbocycles. The van der Waals surface area contributed by atoms with Crippen molar-refractivity contribution in [3.8, 4) is 0 Å². The van der Waals surface area contributed by atoms with E-state index in [1.807, 2.05) is 0 Å². The lowest BCUT2D eigenvalue weighted by Gasteiger charge is -2.19. The molecule has 5 nitrogen and oxygen atoms in total. The summed E-state index contributed by atoms with van der Waals surface area (Å²) in [6.07, 6.45) is -8.59. The Morgan fingerprint density at radius 2 is 1.59 bits per heavy atom. The number of anilines is 1. The fourth-order valence-corrected chi connectivity index (χ4v) is 3.04. The lowest BCUT2D eigenvalue weighted by atomic mass is 10.0. The van der Waals surface area contributed by atoms with Crippen molar-refractivity contribution >= 4 is 22.3 Å². The fourth-order valence-electron chi connectivity index (χ4n) is 3.04. The van der Waals surface area contributed by atoms with Crippen LogP contribution in [0.25, 0.3) is 10.9 Å². The predicted octanol–water partition coefficient (Wildman–Crippen LogP) is 5.66. The molecular formula is C18H14F6N3O2+. The van der Waals surface area contributed by atoms with Crippen LogP contribution in [0.3, 0.4) is 0 Å². The SMILES string of the molecule is O=[N+](O)c1cc(C(F)(F)F)c(NCCc2c[nH]c3ccccc23)c(C(F)(F)F)c1. The minimum Gasteiger partial charge on any atom is -0.384 e. The molecule has 0 spiro atoms. The molecule has 1 heterocycles. The van der Waals surface area contributed by atoms with E-state index in [0.717, 1.165) is 10.9 Å². The Morgan fingerprint density at radius 1 is 1.00 bits per heavy atom. The molecule has 0 aliphatic carbocycles. The zero-order chi connectivity index (χ0) is 21.4. The summed E-state index contributed by atoms with van der Waals surface area (Å²) in [5, 5.41) is 11.8. The van der Waals surface area contributed by atoms with E-state index in [9.17, 15) is 31.2 Å². The van der Waals surface area contributed by atoms with Gasteiger partial charge in [-0.15, -0.1) is 0 Å². The van der Waals surface area contributed by atoms with Crippen molar-refractivity contribution in [2.45, 2.75) is 18.8 Å². The second-order valence-electron chi connectivity index (χ2n) is 6.22. The number of fused-ring (bicyclic) bond motifs is 1. The summed E-state index contributed by atoms with van der Waals surface area (Å²) in [7, 11) is 0. The number of rotatable bonds is 5. The van der Waals surface area contributed by atoms with E-state index in [1.54, 1.807) is 30.5 Å². The smallest absolute Gasteiger partial charge is 0.384 e. The third-order valence-electron chi connectivity index (χ3n) is 4.33. The van der Waals surface area contributed by atoms with E-state index in [0.29, 0.717) is 5.56 Å². The first-order chi connectivity index (χ1) is 13.5. The summed E-state index contributed by atoms with van der Waals surface area (Å²) in [6.45, 7) is -0.229. The molecule has 3 aromatic rings. The highest BCUT2D eigenvalue weighted by molar-refractivity contribution is 5.83. The molecule has 11 heteroatoms. The van der Waals surface area contributed by atoms with Crippen LogP contribution in [0.1, 0.15) is 16.7 Å². The number of hydrogen-bond acceptors (Lipinski definition) is 2. The number of nitrogens with one attached hydrogen (secondary N) is 2. The van der Waals surface area contributed by atoms with Crippen LogP contribution >= 0.6 is 0 Å². The van der Waals surface area contributed by atoms with Crippen molar-refractivity contribution in [1.29, 1.82) is 0 Å². The number of benzene rings is 2. The van der Waals surface area contributed by atoms with Crippen LogP contribution in [0.2, 0.25) is 0 Å². The third-order valence-corrected chi connectivity index (χ3v) is 4.33. The van der Waals surface area contributed by atoms with Crippen LogP contribution in [-0.4, -0.2) is 21.7 Å². The maximum absolute atomic E-state index is 13.4. The van der Waals surface area contributed by atoms with Crippen molar-refractivity contribution in [1.82, 2.24) is 4.98 Å². The van der Waals surface area contributed by atoms with E-state index < -0.39 is 39.8 Å². The number of nitrogens with zero attached hydrogens (tertiary/aromatic N) is 1. The molecule has 0 atom stereocenters. The van der Waals surface area contributed by atoms with E-state index in [-0.39, 0.29) is 25.1 Å². The van der Waals surface area contributed by atoms with Gasteiger partial charge in [0.15, 0.2) is 0 Å². The quantitative estimate of drug-likeness (QED) is 0.370. The van der Waals surface area contributed by atoms with E-state index >= 15 is 0 Å². The summed E-state index contributed by atoms with van der Waals surface area (Å²) in [6, 6.07) is 7.44. The Hall–Kier alpha value is -3.24. The van der Waals surface area contributed by atoms with Crippen LogP contribution in [-0.2, 0) is 18.8 Å². The number of hydrogen-bond donors (Lipinski definition) is 3. The number of aromatic amines is 1. The second kappa shape index (κ2) is 7.30. The largest absolute Gasteiger partial charge is 0.418 e. The Labute approximate surface area is 159 Å². The number of halogens is 6.